The molecule has 2 aromatic rings. The maximum absolute atomic E-state index is 12.7. The largest absolute Gasteiger partial charge is 0.494 e. The summed E-state index contributed by atoms with van der Waals surface area (Å²) in [5.41, 5.74) is 3.40. The summed E-state index contributed by atoms with van der Waals surface area (Å²) >= 11 is 0. The van der Waals surface area contributed by atoms with E-state index in [4.69, 9.17) is 9.47 Å². The Morgan fingerprint density at radius 3 is 2.26 bits per heavy atom. The first-order valence-corrected chi connectivity index (χ1v) is 7.84. The van der Waals surface area contributed by atoms with Gasteiger partial charge in [-0.2, -0.15) is 0 Å². The number of anilines is 1. The zero-order valence-corrected chi connectivity index (χ0v) is 14.1. The van der Waals surface area contributed by atoms with Crippen molar-refractivity contribution in [2.75, 3.05) is 18.5 Å². The number of rotatable bonds is 6. The van der Waals surface area contributed by atoms with Crippen molar-refractivity contribution < 1.29 is 14.3 Å². The average molecular weight is 313 g/mol. The highest BCUT2D eigenvalue weighted by Gasteiger charge is 2.15. The summed E-state index contributed by atoms with van der Waals surface area (Å²) in [6, 6.07) is 11.2. The van der Waals surface area contributed by atoms with Gasteiger partial charge in [0.25, 0.3) is 5.91 Å². The van der Waals surface area contributed by atoms with E-state index in [1.165, 1.54) is 0 Å². The molecule has 0 spiro atoms. The van der Waals surface area contributed by atoms with Crippen molar-refractivity contribution in [3.63, 3.8) is 0 Å². The van der Waals surface area contributed by atoms with E-state index >= 15 is 0 Å². The highest BCUT2D eigenvalue weighted by Crippen LogP contribution is 2.27. The summed E-state index contributed by atoms with van der Waals surface area (Å²) in [6.07, 6.45) is 0. The van der Waals surface area contributed by atoms with Crippen LogP contribution in [0.4, 0.5) is 5.69 Å². The number of amides is 1. The molecule has 0 saturated carbocycles. The quantitative estimate of drug-likeness (QED) is 0.862. The molecular formula is C19H23NO3. The zero-order valence-electron chi connectivity index (χ0n) is 14.1. The number of para-hydroxylation sites is 1. The third-order valence-corrected chi connectivity index (χ3v) is 3.53. The zero-order chi connectivity index (χ0) is 16.8. The van der Waals surface area contributed by atoms with Crippen LogP contribution in [0.5, 0.6) is 11.5 Å². The molecule has 0 aromatic heterocycles. The number of ether oxygens (including phenoxy) is 2. The molecule has 2 rings (SSSR count). The molecule has 23 heavy (non-hydrogen) atoms. The Labute approximate surface area is 137 Å². The summed E-state index contributed by atoms with van der Waals surface area (Å²) in [7, 11) is 0. The molecule has 4 heteroatoms. The van der Waals surface area contributed by atoms with E-state index in [-0.39, 0.29) is 5.91 Å². The summed E-state index contributed by atoms with van der Waals surface area (Å²) in [6.45, 7) is 8.82. The SMILES string of the molecule is CCOc1ccc(C(=O)Nc2c(C)cccc2C)c(OCC)c1. The van der Waals surface area contributed by atoms with Crippen LogP contribution < -0.4 is 14.8 Å². The summed E-state index contributed by atoms with van der Waals surface area (Å²) < 4.78 is 11.1. The van der Waals surface area contributed by atoms with Crippen molar-refractivity contribution in [1.29, 1.82) is 0 Å². The number of carbonyl (C=O) groups is 1. The molecule has 1 amide bonds. The molecule has 0 aliphatic carbocycles. The van der Waals surface area contributed by atoms with Crippen LogP contribution >= 0.6 is 0 Å². The lowest BCUT2D eigenvalue weighted by atomic mass is 10.1. The van der Waals surface area contributed by atoms with E-state index in [2.05, 4.69) is 5.32 Å². The Balaban J connectivity index is 2.31. The fraction of sp³-hybridized carbons (Fsp3) is 0.316. The van der Waals surface area contributed by atoms with E-state index in [0.717, 1.165) is 16.8 Å². The summed E-state index contributed by atoms with van der Waals surface area (Å²) in [4.78, 5) is 12.7. The summed E-state index contributed by atoms with van der Waals surface area (Å²) in [5.74, 6) is 1.04. The van der Waals surface area contributed by atoms with Crippen LogP contribution in [0.1, 0.15) is 35.3 Å². The van der Waals surface area contributed by atoms with Crippen LogP contribution in [0.25, 0.3) is 0 Å². The van der Waals surface area contributed by atoms with Gasteiger partial charge < -0.3 is 14.8 Å². The molecule has 0 fully saturated rings. The second-order valence-corrected chi connectivity index (χ2v) is 5.24. The molecule has 2 aromatic carbocycles. The van der Waals surface area contributed by atoms with Crippen LogP contribution in [0.3, 0.4) is 0 Å². The van der Waals surface area contributed by atoms with Crippen molar-refractivity contribution in [3.05, 3.63) is 53.1 Å². The van der Waals surface area contributed by atoms with E-state index < -0.39 is 0 Å². The molecule has 122 valence electrons. The number of hydrogen-bond donors (Lipinski definition) is 1. The van der Waals surface area contributed by atoms with Crippen molar-refractivity contribution in [2.45, 2.75) is 27.7 Å². The van der Waals surface area contributed by atoms with E-state index in [1.54, 1.807) is 18.2 Å². The first-order chi connectivity index (χ1) is 11.1. The Morgan fingerprint density at radius 1 is 1.00 bits per heavy atom. The van der Waals surface area contributed by atoms with Crippen LogP contribution in [0.15, 0.2) is 36.4 Å². The first kappa shape index (κ1) is 16.9. The number of nitrogens with one attached hydrogen (secondary N) is 1. The Hall–Kier alpha value is -2.49. The Bertz CT molecular complexity index is 675. The van der Waals surface area contributed by atoms with Gasteiger partial charge in [-0.3, -0.25) is 4.79 Å². The predicted octanol–water partition coefficient (Wildman–Crippen LogP) is 4.35. The molecule has 0 aliphatic heterocycles. The van der Waals surface area contributed by atoms with E-state index in [9.17, 15) is 4.79 Å². The maximum atomic E-state index is 12.7. The van der Waals surface area contributed by atoms with Gasteiger partial charge in [0.15, 0.2) is 0 Å². The fourth-order valence-electron chi connectivity index (χ4n) is 2.41. The van der Waals surface area contributed by atoms with Gasteiger partial charge in [0, 0.05) is 11.8 Å². The lowest BCUT2D eigenvalue weighted by Crippen LogP contribution is -2.15. The van der Waals surface area contributed by atoms with Crippen molar-refractivity contribution >= 4 is 11.6 Å². The van der Waals surface area contributed by atoms with Crippen LogP contribution in [-0.2, 0) is 0 Å². The maximum Gasteiger partial charge on any atom is 0.259 e. The predicted molar refractivity (Wildman–Crippen MR) is 92.6 cm³/mol. The highest BCUT2D eigenvalue weighted by atomic mass is 16.5. The Morgan fingerprint density at radius 2 is 1.65 bits per heavy atom. The minimum absolute atomic E-state index is 0.186. The van der Waals surface area contributed by atoms with Gasteiger partial charge in [0.1, 0.15) is 11.5 Å². The van der Waals surface area contributed by atoms with Gasteiger partial charge in [0.05, 0.1) is 18.8 Å². The van der Waals surface area contributed by atoms with Gasteiger partial charge in [-0.1, -0.05) is 18.2 Å². The van der Waals surface area contributed by atoms with Gasteiger partial charge in [-0.05, 0) is 51.0 Å². The van der Waals surface area contributed by atoms with Crippen LogP contribution in [-0.4, -0.2) is 19.1 Å². The lowest BCUT2D eigenvalue weighted by Gasteiger charge is -2.15. The van der Waals surface area contributed by atoms with Gasteiger partial charge >= 0.3 is 0 Å². The molecule has 0 saturated heterocycles. The average Bonchev–Trinajstić information content (AvgIpc) is 2.52. The second kappa shape index (κ2) is 7.68. The smallest absolute Gasteiger partial charge is 0.259 e. The molecule has 4 nitrogen and oxygen atoms in total. The van der Waals surface area contributed by atoms with Gasteiger partial charge in [-0.25, -0.2) is 0 Å². The molecule has 0 bridgehead atoms. The van der Waals surface area contributed by atoms with Crippen molar-refractivity contribution in [1.82, 2.24) is 0 Å². The monoisotopic (exact) mass is 313 g/mol. The van der Waals surface area contributed by atoms with Crippen LogP contribution in [0.2, 0.25) is 0 Å². The van der Waals surface area contributed by atoms with Gasteiger partial charge in [-0.15, -0.1) is 0 Å². The third-order valence-electron chi connectivity index (χ3n) is 3.53. The van der Waals surface area contributed by atoms with E-state index in [0.29, 0.717) is 30.3 Å². The minimum atomic E-state index is -0.186. The topological polar surface area (TPSA) is 47.6 Å². The number of carbonyl (C=O) groups excluding carboxylic acids is 1. The minimum Gasteiger partial charge on any atom is -0.494 e. The third kappa shape index (κ3) is 4.03. The second-order valence-electron chi connectivity index (χ2n) is 5.24. The number of hydrogen-bond acceptors (Lipinski definition) is 3. The molecular weight excluding hydrogens is 290 g/mol. The molecule has 0 radical (unpaired) electrons. The Kier molecular flexibility index (Phi) is 5.63. The highest BCUT2D eigenvalue weighted by molar-refractivity contribution is 6.07. The molecule has 0 aliphatic rings. The molecule has 0 heterocycles. The van der Waals surface area contributed by atoms with Crippen molar-refractivity contribution in [2.24, 2.45) is 0 Å². The standard InChI is InChI=1S/C19H23NO3/c1-5-22-15-10-11-16(17(12-15)23-6-2)19(21)20-18-13(3)8-7-9-14(18)4/h7-12H,5-6H2,1-4H3,(H,20,21). The molecule has 0 atom stereocenters. The number of benzene rings is 2. The first-order valence-electron chi connectivity index (χ1n) is 7.84. The fourth-order valence-corrected chi connectivity index (χ4v) is 2.41. The summed E-state index contributed by atoms with van der Waals surface area (Å²) in [5, 5.41) is 2.99. The lowest BCUT2D eigenvalue weighted by molar-refractivity contribution is 0.102. The van der Waals surface area contributed by atoms with E-state index in [1.807, 2.05) is 45.9 Å². The van der Waals surface area contributed by atoms with Crippen LogP contribution in [0, 0.1) is 13.8 Å². The normalized spacial score (nSPS) is 10.3. The number of aryl methyl sites for hydroxylation is 2. The van der Waals surface area contributed by atoms with Gasteiger partial charge in [0.2, 0.25) is 0 Å². The molecule has 0 unspecified atom stereocenters. The molecule has 1 N–H and O–H groups in total. The van der Waals surface area contributed by atoms with Crippen molar-refractivity contribution in [3.8, 4) is 11.5 Å².